The molecule has 0 amide bonds. The summed E-state index contributed by atoms with van der Waals surface area (Å²) >= 11 is 0. The zero-order valence-corrected chi connectivity index (χ0v) is 10.8. The number of aliphatic hydroxyl groups is 1. The maximum atomic E-state index is 10.9. The lowest BCUT2D eigenvalue weighted by atomic mass is 9.87. The molecule has 100 valence electrons. The fraction of sp³-hybridized carbons (Fsp3) is 0.462. The average molecular weight is 254 g/mol. The number of hydrogen-bond acceptors (Lipinski definition) is 4. The molecule has 0 saturated carbocycles. The Morgan fingerprint density at radius 2 is 2.00 bits per heavy atom. The van der Waals surface area contributed by atoms with Gasteiger partial charge in [-0.05, 0) is 24.6 Å². The first-order chi connectivity index (χ1) is 8.46. The molecule has 2 N–H and O–H groups in total. The summed E-state index contributed by atoms with van der Waals surface area (Å²) in [4.78, 5) is 10.9. The van der Waals surface area contributed by atoms with Crippen molar-refractivity contribution in [3.05, 3.63) is 23.8 Å². The Morgan fingerprint density at radius 1 is 1.33 bits per heavy atom. The maximum Gasteiger partial charge on any atom is 0.306 e. The van der Waals surface area contributed by atoms with Gasteiger partial charge in [-0.15, -0.1) is 0 Å². The molecule has 1 atom stereocenters. The van der Waals surface area contributed by atoms with Crippen LogP contribution in [0.1, 0.15) is 25.3 Å². The molecule has 1 aromatic carbocycles. The normalized spacial score (nSPS) is 13.8. The van der Waals surface area contributed by atoms with E-state index in [2.05, 4.69) is 0 Å². The molecule has 0 heterocycles. The van der Waals surface area contributed by atoms with Crippen LogP contribution in [-0.2, 0) is 10.4 Å². The van der Waals surface area contributed by atoms with E-state index in [1.54, 1.807) is 25.1 Å². The topological polar surface area (TPSA) is 76.0 Å². The highest BCUT2D eigenvalue weighted by atomic mass is 16.5. The van der Waals surface area contributed by atoms with Crippen molar-refractivity contribution >= 4 is 5.97 Å². The predicted molar refractivity (Wildman–Crippen MR) is 66.0 cm³/mol. The first-order valence-corrected chi connectivity index (χ1v) is 5.63. The van der Waals surface area contributed by atoms with Crippen molar-refractivity contribution in [2.45, 2.75) is 25.4 Å². The fourth-order valence-corrected chi connectivity index (χ4v) is 1.84. The van der Waals surface area contributed by atoms with Gasteiger partial charge in [-0.3, -0.25) is 4.79 Å². The summed E-state index contributed by atoms with van der Waals surface area (Å²) in [6.07, 6.45) is -0.115. The molecule has 0 fully saturated rings. The van der Waals surface area contributed by atoms with E-state index >= 15 is 0 Å². The molecular weight excluding hydrogens is 236 g/mol. The summed E-state index contributed by atoms with van der Waals surface area (Å²) in [6.45, 7) is 1.72. The van der Waals surface area contributed by atoms with Gasteiger partial charge in [-0.2, -0.15) is 0 Å². The molecule has 0 spiro atoms. The molecular formula is C13H18O5. The molecule has 0 aliphatic carbocycles. The largest absolute Gasteiger partial charge is 0.497 e. The van der Waals surface area contributed by atoms with E-state index in [0.29, 0.717) is 17.1 Å². The van der Waals surface area contributed by atoms with Crippen LogP contribution in [0.3, 0.4) is 0 Å². The van der Waals surface area contributed by atoms with E-state index in [9.17, 15) is 9.90 Å². The Hall–Kier alpha value is -1.75. The Kier molecular flexibility index (Phi) is 4.55. The number of carbonyl (C=O) groups is 1. The zero-order chi connectivity index (χ0) is 13.8. The van der Waals surface area contributed by atoms with Crippen LogP contribution < -0.4 is 9.47 Å². The van der Waals surface area contributed by atoms with Crippen molar-refractivity contribution < 1.29 is 24.5 Å². The standard InChI is InChI=1S/C13H18O5/c1-4-13(16,8-12(14)15)10-7-9(17-2)5-6-11(10)18-3/h5-7,16H,4,8H2,1-3H3,(H,14,15). The van der Waals surface area contributed by atoms with Crippen molar-refractivity contribution in [2.24, 2.45) is 0 Å². The smallest absolute Gasteiger partial charge is 0.306 e. The van der Waals surface area contributed by atoms with Gasteiger partial charge in [0.1, 0.15) is 17.1 Å². The van der Waals surface area contributed by atoms with E-state index < -0.39 is 11.6 Å². The Labute approximate surface area is 106 Å². The van der Waals surface area contributed by atoms with Gasteiger partial charge in [-0.25, -0.2) is 0 Å². The highest BCUT2D eigenvalue weighted by molar-refractivity contribution is 5.69. The molecule has 1 unspecified atom stereocenters. The van der Waals surface area contributed by atoms with Gasteiger partial charge in [0.25, 0.3) is 0 Å². The minimum atomic E-state index is -1.47. The van der Waals surface area contributed by atoms with E-state index in [1.165, 1.54) is 14.2 Å². The first kappa shape index (κ1) is 14.3. The number of aliphatic carboxylic acids is 1. The van der Waals surface area contributed by atoms with Crippen molar-refractivity contribution in [2.75, 3.05) is 14.2 Å². The molecule has 5 heteroatoms. The van der Waals surface area contributed by atoms with Gasteiger partial charge < -0.3 is 19.7 Å². The third-order valence-electron chi connectivity index (χ3n) is 2.94. The van der Waals surface area contributed by atoms with Crippen LogP contribution in [0.15, 0.2) is 18.2 Å². The van der Waals surface area contributed by atoms with Crippen molar-refractivity contribution in [3.63, 3.8) is 0 Å². The molecule has 5 nitrogen and oxygen atoms in total. The summed E-state index contributed by atoms with van der Waals surface area (Å²) < 4.78 is 10.3. The number of benzene rings is 1. The minimum Gasteiger partial charge on any atom is -0.497 e. The van der Waals surface area contributed by atoms with Crippen LogP contribution >= 0.6 is 0 Å². The van der Waals surface area contributed by atoms with E-state index in [4.69, 9.17) is 14.6 Å². The van der Waals surface area contributed by atoms with Gasteiger partial charge in [0.05, 0.1) is 20.6 Å². The number of carboxylic acids is 1. The number of methoxy groups -OCH3 is 2. The van der Waals surface area contributed by atoms with Crippen molar-refractivity contribution in [1.82, 2.24) is 0 Å². The maximum absolute atomic E-state index is 10.9. The molecule has 0 aliphatic heterocycles. The lowest BCUT2D eigenvalue weighted by Gasteiger charge is -2.27. The molecule has 1 rings (SSSR count). The number of rotatable bonds is 6. The Balaban J connectivity index is 3.29. The average Bonchev–Trinajstić information content (AvgIpc) is 2.37. The molecule has 0 aliphatic rings. The van der Waals surface area contributed by atoms with Gasteiger partial charge in [-0.1, -0.05) is 6.92 Å². The number of ether oxygens (including phenoxy) is 2. The van der Waals surface area contributed by atoms with E-state index in [1.807, 2.05) is 0 Å². The van der Waals surface area contributed by atoms with E-state index in [-0.39, 0.29) is 12.8 Å². The molecule has 0 aromatic heterocycles. The highest BCUT2D eigenvalue weighted by Gasteiger charge is 2.33. The summed E-state index contributed by atoms with van der Waals surface area (Å²) in [6, 6.07) is 4.95. The van der Waals surface area contributed by atoms with Gasteiger partial charge in [0.15, 0.2) is 0 Å². The SMILES string of the molecule is CCC(O)(CC(=O)O)c1cc(OC)ccc1OC. The Bertz CT molecular complexity index is 429. The fourth-order valence-electron chi connectivity index (χ4n) is 1.84. The van der Waals surface area contributed by atoms with Crippen molar-refractivity contribution in [1.29, 1.82) is 0 Å². The summed E-state index contributed by atoms with van der Waals surface area (Å²) in [7, 11) is 2.98. The lowest BCUT2D eigenvalue weighted by molar-refractivity contribution is -0.143. The molecule has 0 saturated heterocycles. The molecule has 1 aromatic rings. The lowest BCUT2D eigenvalue weighted by Crippen LogP contribution is -2.28. The van der Waals surface area contributed by atoms with Crippen LogP contribution in [0.5, 0.6) is 11.5 Å². The predicted octanol–water partition coefficient (Wildman–Crippen LogP) is 1.78. The van der Waals surface area contributed by atoms with Gasteiger partial charge >= 0.3 is 5.97 Å². The second-order valence-corrected chi connectivity index (χ2v) is 4.02. The third kappa shape index (κ3) is 2.92. The second kappa shape index (κ2) is 5.73. The van der Waals surface area contributed by atoms with Crippen molar-refractivity contribution in [3.8, 4) is 11.5 Å². The van der Waals surface area contributed by atoms with Crippen LogP contribution in [0.2, 0.25) is 0 Å². The molecule has 18 heavy (non-hydrogen) atoms. The van der Waals surface area contributed by atoms with E-state index in [0.717, 1.165) is 0 Å². The molecule has 0 radical (unpaired) electrons. The summed E-state index contributed by atoms with van der Waals surface area (Å²) in [5.41, 5.74) is -1.04. The van der Waals surface area contributed by atoms with Gasteiger partial charge in [0.2, 0.25) is 0 Å². The second-order valence-electron chi connectivity index (χ2n) is 4.02. The third-order valence-corrected chi connectivity index (χ3v) is 2.94. The summed E-state index contributed by atoms with van der Waals surface area (Å²) in [5, 5.41) is 19.4. The van der Waals surface area contributed by atoms with Crippen LogP contribution in [0, 0.1) is 0 Å². The van der Waals surface area contributed by atoms with Crippen LogP contribution in [-0.4, -0.2) is 30.4 Å². The number of hydrogen-bond donors (Lipinski definition) is 2. The van der Waals surface area contributed by atoms with Crippen LogP contribution in [0.4, 0.5) is 0 Å². The highest BCUT2D eigenvalue weighted by Crippen LogP contribution is 2.37. The molecule has 0 bridgehead atoms. The zero-order valence-electron chi connectivity index (χ0n) is 10.8. The Morgan fingerprint density at radius 3 is 2.44 bits per heavy atom. The number of carboxylic acid groups (broad SMARTS) is 1. The van der Waals surface area contributed by atoms with Gasteiger partial charge in [0, 0.05) is 5.56 Å². The quantitative estimate of drug-likeness (QED) is 0.809. The summed E-state index contributed by atoms with van der Waals surface area (Å²) in [5.74, 6) is -0.0753. The monoisotopic (exact) mass is 254 g/mol. The first-order valence-electron chi connectivity index (χ1n) is 5.63. The minimum absolute atomic E-state index is 0.267. The van der Waals surface area contributed by atoms with Crippen LogP contribution in [0.25, 0.3) is 0 Å².